The Bertz CT molecular complexity index is 778. The van der Waals surface area contributed by atoms with Crippen molar-refractivity contribution in [3.63, 3.8) is 0 Å². The Morgan fingerprint density at radius 1 is 1.10 bits per heavy atom. The molecule has 0 amide bonds. The van der Waals surface area contributed by atoms with Crippen molar-refractivity contribution in [3.05, 3.63) is 41.6 Å². The molecule has 1 atom stereocenters. The van der Waals surface area contributed by atoms with E-state index in [4.69, 9.17) is 4.74 Å². The van der Waals surface area contributed by atoms with Crippen LogP contribution in [0.4, 0.5) is 0 Å². The van der Waals surface area contributed by atoms with E-state index in [2.05, 4.69) is 32.5 Å². The molecule has 0 heterocycles. The monoisotopic (exact) mass is 453 g/mol. The number of hydrogen-bond acceptors (Lipinski definition) is 4. The van der Waals surface area contributed by atoms with E-state index in [1.54, 1.807) is 31.2 Å². The Morgan fingerprint density at radius 3 is 2.17 bits per heavy atom. The van der Waals surface area contributed by atoms with Crippen molar-refractivity contribution in [1.82, 2.24) is 4.31 Å². The first-order valence-corrected chi connectivity index (χ1v) is 15.1. The summed E-state index contributed by atoms with van der Waals surface area (Å²) in [5.74, 6) is -0.546. The third kappa shape index (κ3) is 7.06. The average molecular weight is 454 g/mol. The van der Waals surface area contributed by atoms with E-state index < -0.39 is 30.1 Å². The lowest BCUT2D eigenvalue weighted by atomic mass is 10.2. The number of ether oxygens (including phenoxy) is 1. The molecule has 1 unspecified atom stereocenters. The molecule has 170 valence electrons. The number of unbranched alkanes of at least 4 members (excludes halogenated alkanes) is 2. The molecule has 0 aliphatic carbocycles. The molecular formula is C23H39NO4SSi. The van der Waals surface area contributed by atoms with Gasteiger partial charge in [-0.05, 0) is 45.2 Å². The van der Waals surface area contributed by atoms with E-state index in [0.29, 0.717) is 6.42 Å². The van der Waals surface area contributed by atoms with Gasteiger partial charge in [0.05, 0.1) is 20.1 Å². The molecule has 30 heavy (non-hydrogen) atoms. The van der Waals surface area contributed by atoms with E-state index in [1.165, 1.54) is 29.5 Å². The van der Waals surface area contributed by atoms with E-state index in [9.17, 15) is 13.2 Å². The van der Waals surface area contributed by atoms with Crippen molar-refractivity contribution in [3.8, 4) is 0 Å². The van der Waals surface area contributed by atoms with Gasteiger partial charge in [-0.3, -0.25) is 4.79 Å². The van der Waals surface area contributed by atoms with Crippen LogP contribution < -0.4 is 0 Å². The lowest BCUT2D eigenvalue weighted by molar-refractivity contribution is -0.144. The van der Waals surface area contributed by atoms with Gasteiger partial charge in [0.1, 0.15) is 6.04 Å². The van der Waals surface area contributed by atoms with Crippen LogP contribution in [-0.4, -0.2) is 46.5 Å². The number of hydrogen-bond donors (Lipinski definition) is 0. The van der Waals surface area contributed by atoms with Crippen LogP contribution in [0.1, 0.15) is 52.5 Å². The van der Waals surface area contributed by atoms with Crippen molar-refractivity contribution in [2.75, 3.05) is 13.7 Å². The summed E-state index contributed by atoms with van der Waals surface area (Å²) in [7, 11) is -3.76. The van der Waals surface area contributed by atoms with Gasteiger partial charge in [-0.25, -0.2) is 8.42 Å². The molecule has 7 heteroatoms. The number of nitrogens with zero attached hydrogens (tertiary/aromatic N) is 1. The summed E-state index contributed by atoms with van der Waals surface area (Å²) >= 11 is 0. The Balaban J connectivity index is 2.86. The minimum Gasteiger partial charge on any atom is -0.468 e. The quantitative estimate of drug-likeness (QED) is 0.230. The number of benzene rings is 1. The number of aryl methyl sites for hydroxylation is 1. The molecule has 0 saturated heterocycles. The standard InChI is InChI=1S/C23H39NO4SSi/c1-7-30(8-2,9-3)19-13-11-10-12-18-24(21(5)23(25)28-6)29(26,27)22-16-14-20(4)15-17-22/h13-17,19,21H,7-12,18H2,1-6H3/b19-13+. The van der Waals surface area contributed by atoms with Gasteiger partial charge < -0.3 is 4.74 Å². The Morgan fingerprint density at radius 2 is 1.67 bits per heavy atom. The maximum absolute atomic E-state index is 13.2. The Labute approximate surface area is 184 Å². The molecule has 0 aliphatic heterocycles. The fourth-order valence-corrected chi connectivity index (χ4v) is 8.12. The van der Waals surface area contributed by atoms with Gasteiger partial charge in [0.2, 0.25) is 10.0 Å². The predicted molar refractivity (Wildman–Crippen MR) is 127 cm³/mol. The zero-order valence-corrected chi connectivity index (χ0v) is 21.3. The summed E-state index contributed by atoms with van der Waals surface area (Å²) in [6, 6.07) is 9.64. The number of carbonyl (C=O) groups is 1. The first-order valence-electron chi connectivity index (χ1n) is 11.0. The molecule has 0 fully saturated rings. The highest BCUT2D eigenvalue weighted by molar-refractivity contribution is 7.89. The van der Waals surface area contributed by atoms with Crippen LogP contribution in [0.3, 0.4) is 0 Å². The molecule has 1 rings (SSSR count). The second kappa shape index (κ2) is 12.4. The minimum atomic E-state index is -3.78. The molecule has 5 nitrogen and oxygen atoms in total. The van der Waals surface area contributed by atoms with Crippen molar-refractivity contribution in [2.24, 2.45) is 0 Å². The number of rotatable bonds is 13. The minimum absolute atomic E-state index is 0.202. The first-order chi connectivity index (χ1) is 14.2. The number of sulfonamides is 1. The lowest BCUT2D eigenvalue weighted by Crippen LogP contribution is -2.44. The van der Waals surface area contributed by atoms with Gasteiger partial charge in [0.25, 0.3) is 0 Å². The number of allylic oxidation sites excluding steroid dienone is 1. The van der Waals surface area contributed by atoms with Crippen LogP contribution in [0.25, 0.3) is 0 Å². The highest BCUT2D eigenvalue weighted by atomic mass is 32.2. The molecule has 1 aromatic rings. The van der Waals surface area contributed by atoms with E-state index >= 15 is 0 Å². The van der Waals surface area contributed by atoms with Crippen LogP contribution in [0.15, 0.2) is 40.9 Å². The molecule has 0 aliphatic rings. The van der Waals surface area contributed by atoms with Crippen LogP contribution in [0.2, 0.25) is 18.1 Å². The summed E-state index contributed by atoms with van der Waals surface area (Å²) in [5, 5.41) is 0. The zero-order chi connectivity index (χ0) is 22.8. The van der Waals surface area contributed by atoms with Gasteiger partial charge in [-0.2, -0.15) is 4.31 Å². The van der Waals surface area contributed by atoms with Crippen LogP contribution in [0, 0.1) is 6.92 Å². The Hall–Kier alpha value is -1.44. The molecule has 0 N–H and O–H groups in total. The molecule has 0 saturated carbocycles. The predicted octanol–water partition coefficient (Wildman–Crippen LogP) is 5.32. The van der Waals surface area contributed by atoms with Crippen LogP contribution in [0.5, 0.6) is 0 Å². The number of esters is 1. The van der Waals surface area contributed by atoms with E-state index in [1.807, 2.05) is 6.92 Å². The highest BCUT2D eigenvalue weighted by Crippen LogP contribution is 2.23. The van der Waals surface area contributed by atoms with Gasteiger partial charge in [-0.15, -0.1) is 0 Å². The van der Waals surface area contributed by atoms with E-state index in [0.717, 1.165) is 18.4 Å². The molecular weight excluding hydrogens is 414 g/mol. The fraction of sp³-hybridized carbons (Fsp3) is 0.609. The van der Waals surface area contributed by atoms with Gasteiger partial charge in [-0.1, -0.05) is 68.4 Å². The summed E-state index contributed by atoms with van der Waals surface area (Å²) < 4.78 is 32.5. The number of methoxy groups -OCH3 is 1. The van der Waals surface area contributed by atoms with Crippen LogP contribution >= 0.6 is 0 Å². The number of carbonyl (C=O) groups excluding carboxylic acids is 1. The molecule has 0 aromatic heterocycles. The van der Waals surface area contributed by atoms with Gasteiger partial charge in [0, 0.05) is 6.54 Å². The topological polar surface area (TPSA) is 63.7 Å². The maximum atomic E-state index is 13.2. The SMILES string of the molecule is CC[Si](/C=C/CCCCN(C(C)C(=O)OC)S(=O)(=O)c1ccc(C)cc1)(CC)CC. The molecule has 0 spiro atoms. The van der Waals surface area contributed by atoms with Crippen LogP contribution in [-0.2, 0) is 19.6 Å². The van der Waals surface area contributed by atoms with Crippen molar-refractivity contribution >= 4 is 24.1 Å². The maximum Gasteiger partial charge on any atom is 0.323 e. The van der Waals surface area contributed by atoms with Crippen molar-refractivity contribution in [1.29, 1.82) is 0 Å². The first kappa shape index (κ1) is 26.6. The zero-order valence-electron chi connectivity index (χ0n) is 19.5. The fourth-order valence-electron chi connectivity index (χ4n) is 3.62. The van der Waals surface area contributed by atoms with Gasteiger partial charge >= 0.3 is 5.97 Å². The molecule has 0 bridgehead atoms. The summed E-state index contributed by atoms with van der Waals surface area (Å²) in [5.41, 5.74) is 3.45. The average Bonchev–Trinajstić information content (AvgIpc) is 2.75. The normalized spacial score (nSPS) is 13.7. The third-order valence-corrected chi connectivity index (χ3v) is 13.3. The summed E-state index contributed by atoms with van der Waals surface area (Å²) in [6.07, 6.45) is 4.78. The smallest absolute Gasteiger partial charge is 0.323 e. The van der Waals surface area contributed by atoms with Crippen molar-refractivity contribution in [2.45, 2.75) is 83.0 Å². The van der Waals surface area contributed by atoms with Gasteiger partial charge in [0.15, 0.2) is 0 Å². The molecule has 1 aromatic carbocycles. The second-order valence-electron chi connectivity index (χ2n) is 7.95. The Kier molecular flexibility index (Phi) is 11.0. The third-order valence-electron chi connectivity index (χ3n) is 6.18. The summed E-state index contributed by atoms with van der Waals surface area (Å²) in [4.78, 5) is 12.3. The van der Waals surface area contributed by atoms with E-state index in [-0.39, 0.29) is 11.4 Å². The largest absolute Gasteiger partial charge is 0.468 e. The molecule has 0 radical (unpaired) electrons. The van der Waals surface area contributed by atoms with Crippen molar-refractivity contribution < 1.29 is 17.9 Å². The summed E-state index contributed by atoms with van der Waals surface area (Å²) in [6.45, 7) is 10.6. The lowest BCUT2D eigenvalue weighted by Gasteiger charge is -2.26. The highest BCUT2D eigenvalue weighted by Gasteiger charge is 2.33. The second-order valence-corrected chi connectivity index (χ2v) is 15.0.